The molecule has 1 aliphatic carbocycles. The minimum absolute atomic E-state index is 0.0562. The molecule has 0 bridgehead atoms. The number of rotatable bonds is 4. The van der Waals surface area contributed by atoms with E-state index >= 15 is 0 Å². The van der Waals surface area contributed by atoms with Gasteiger partial charge in [-0.15, -0.1) is 0 Å². The van der Waals surface area contributed by atoms with Crippen LogP contribution in [0.4, 0.5) is 15.8 Å². The molecule has 1 aliphatic rings. The molecule has 2 rings (SSSR count). The summed E-state index contributed by atoms with van der Waals surface area (Å²) >= 11 is 0. The van der Waals surface area contributed by atoms with Crippen LogP contribution in [0.15, 0.2) is 18.2 Å². The van der Waals surface area contributed by atoms with Crippen molar-refractivity contribution in [3.8, 4) is 0 Å². The van der Waals surface area contributed by atoms with E-state index in [0.29, 0.717) is 17.9 Å². The Labute approximate surface area is 107 Å². The van der Waals surface area contributed by atoms with Gasteiger partial charge in [-0.2, -0.15) is 0 Å². The molecule has 0 heterocycles. The highest BCUT2D eigenvalue weighted by molar-refractivity contribution is 5.54. The van der Waals surface area contributed by atoms with Crippen LogP contribution in [-0.4, -0.2) is 18.3 Å². The first kappa shape index (κ1) is 13.1. The lowest BCUT2D eigenvalue weighted by atomic mass is 9.74. The third kappa shape index (κ3) is 3.13. The highest BCUT2D eigenvalue weighted by atomic mass is 19.1. The minimum Gasteiger partial charge on any atom is -0.399 e. The van der Waals surface area contributed by atoms with E-state index in [0.717, 1.165) is 25.7 Å². The predicted octanol–water partition coefficient (Wildman–Crippen LogP) is 2.76. The smallest absolute Gasteiger partial charge is 0.127 e. The molecule has 4 N–H and O–H groups in total. The lowest BCUT2D eigenvalue weighted by molar-refractivity contribution is 0.0944. The van der Waals surface area contributed by atoms with E-state index in [1.54, 1.807) is 6.07 Å². The molecule has 1 saturated carbocycles. The van der Waals surface area contributed by atoms with Crippen LogP contribution in [-0.2, 0) is 0 Å². The van der Waals surface area contributed by atoms with Crippen LogP contribution in [0.1, 0.15) is 32.1 Å². The average Bonchev–Trinajstić information content (AvgIpc) is 2.36. The molecule has 4 heteroatoms. The molecule has 1 aromatic carbocycles. The molecule has 18 heavy (non-hydrogen) atoms. The van der Waals surface area contributed by atoms with Crippen molar-refractivity contribution in [2.24, 2.45) is 5.41 Å². The largest absolute Gasteiger partial charge is 0.399 e. The van der Waals surface area contributed by atoms with Gasteiger partial charge in [0.1, 0.15) is 5.82 Å². The van der Waals surface area contributed by atoms with E-state index in [1.807, 2.05) is 0 Å². The number of hydrogen-bond donors (Lipinski definition) is 3. The number of nitrogens with one attached hydrogen (secondary N) is 1. The molecule has 0 radical (unpaired) electrons. The molecule has 0 saturated heterocycles. The van der Waals surface area contributed by atoms with Crippen LogP contribution in [0.25, 0.3) is 0 Å². The Morgan fingerprint density at radius 3 is 2.56 bits per heavy atom. The third-order valence-electron chi connectivity index (χ3n) is 3.84. The number of halogens is 1. The molecule has 1 fully saturated rings. The SMILES string of the molecule is Nc1cc(F)cc(NCC2(CO)CCCCC2)c1. The van der Waals surface area contributed by atoms with Crippen molar-refractivity contribution >= 4 is 11.4 Å². The second kappa shape index (κ2) is 5.57. The summed E-state index contributed by atoms with van der Waals surface area (Å²) in [5.74, 6) is -0.334. The molecule has 0 aliphatic heterocycles. The maximum atomic E-state index is 13.2. The molecule has 0 aromatic heterocycles. The van der Waals surface area contributed by atoms with Crippen LogP contribution >= 0.6 is 0 Å². The normalized spacial score (nSPS) is 18.6. The van der Waals surface area contributed by atoms with Gasteiger partial charge in [-0.1, -0.05) is 19.3 Å². The Hall–Kier alpha value is -1.29. The van der Waals surface area contributed by atoms with Crippen molar-refractivity contribution < 1.29 is 9.50 Å². The van der Waals surface area contributed by atoms with Gasteiger partial charge >= 0.3 is 0 Å². The van der Waals surface area contributed by atoms with Crippen molar-refractivity contribution in [2.45, 2.75) is 32.1 Å². The number of nitrogen functional groups attached to an aromatic ring is 1. The zero-order valence-electron chi connectivity index (χ0n) is 10.6. The highest BCUT2D eigenvalue weighted by Gasteiger charge is 2.31. The van der Waals surface area contributed by atoms with Crippen LogP contribution in [0.2, 0.25) is 0 Å². The fourth-order valence-corrected chi connectivity index (χ4v) is 2.70. The Morgan fingerprint density at radius 2 is 1.94 bits per heavy atom. The maximum Gasteiger partial charge on any atom is 0.127 e. The van der Waals surface area contributed by atoms with Crippen molar-refractivity contribution in [2.75, 3.05) is 24.2 Å². The van der Waals surface area contributed by atoms with Crippen molar-refractivity contribution in [3.05, 3.63) is 24.0 Å². The molecule has 1 aromatic rings. The fraction of sp³-hybridized carbons (Fsp3) is 0.571. The van der Waals surface area contributed by atoms with E-state index in [-0.39, 0.29) is 17.8 Å². The van der Waals surface area contributed by atoms with Gasteiger partial charge in [0.05, 0.1) is 6.61 Å². The summed E-state index contributed by atoms with van der Waals surface area (Å²) in [5, 5.41) is 12.8. The van der Waals surface area contributed by atoms with E-state index in [4.69, 9.17) is 5.73 Å². The first-order valence-electron chi connectivity index (χ1n) is 6.54. The molecule has 0 spiro atoms. The molecular formula is C14H21FN2O. The Bertz CT molecular complexity index is 383. The van der Waals surface area contributed by atoms with Gasteiger partial charge in [0, 0.05) is 23.3 Å². The van der Waals surface area contributed by atoms with Crippen molar-refractivity contribution in [1.82, 2.24) is 0 Å². The van der Waals surface area contributed by atoms with Gasteiger partial charge < -0.3 is 16.2 Å². The number of hydrogen-bond acceptors (Lipinski definition) is 3. The van der Waals surface area contributed by atoms with Crippen LogP contribution in [0, 0.1) is 11.2 Å². The summed E-state index contributed by atoms with van der Waals surface area (Å²) in [6.45, 7) is 0.858. The summed E-state index contributed by atoms with van der Waals surface area (Å²) < 4.78 is 13.2. The molecular weight excluding hydrogens is 231 g/mol. The van der Waals surface area contributed by atoms with Gasteiger partial charge in [-0.25, -0.2) is 4.39 Å². The van der Waals surface area contributed by atoms with Gasteiger partial charge in [-0.3, -0.25) is 0 Å². The third-order valence-corrected chi connectivity index (χ3v) is 3.84. The predicted molar refractivity (Wildman–Crippen MR) is 71.9 cm³/mol. The van der Waals surface area contributed by atoms with Gasteiger partial charge in [0.2, 0.25) is 0 Å². The first-order chi connectivity index (χ1) is 8.63. The van der Waals surface area contributed by atoms with Crippen molar-refractivity contribution in [1.29, 1.82) is 0 Å². The number of nitrogens with two attached hydrogens (primary N) is 1. The van der Waals surface area contributed by atoms with E-state index in [9.17, 15) is 9.50 Å². The Kier molecular flexibility index (Phi) is 4.07. The fourth-order valence-electron chi connectivity index (χ4n) is 2.70. The van der Waals surface area contributed by atoms with Gasteiger partial charge in [-0.05, 0) is 31.0 Å². The average molecular weight is 252 g/mol. The summed E-state index contributed by atoms with van der Waals surface area (Å²) in [6.07, 6.45) is 5.62. The lowest BCUT2D eigenvalue weighted by Crippen LogP contribution is -2.35. The molecule has 0 unspecified atom stereocenters. The Balaban J connectivity index is 2.00. The summed E-state index contributed by atoms with van der Waals surface area (Å²) in [4.78, 5) is 0. The first-order valence-corrected chi connectivity index (χ1v) is 6.54. The topological polar surface area (TPSA) is 58.3 Å². The zero-order chi connectivity index (χ0) is 13.0. The monoisotopic (exact) mass is 252 g/mol. The molecule has 3 nitrogen and oxygen atoms in total. The number of anilines is 2. The van der Waals surface area contributed by atoms with E-state index in [1.165, 1.54) is 18.6 Å². The minimum atomic E-state index is -0.334. The van der Waals surface area contributed by atoms with Gasteiger partial charge in [0.15, 0.2) is 0 Å². The molecule has 0 atom stereocenters. The van der Waals surface area contributed by atoms with Gasteiger partial charge in [0.25, 0.3) is 0 Å². The van der Waals surface area contributed by atoms with Crippen molar-refractivity contribution in [3.63, 3.8) is 0 Å². The van der Waals surface area contributed by atoms with E-state index < -0.39 is 0 Å². The van der Waals surface area contributed by atoms with E-state index in [2.05, 4.69) is 5.32 Å². The standard InChI is InChI=1S/C14H21FN2O/c15-11-6-12(16)8-13(7-11)17-9-14(10-18)4-2-1-3-5-14/h6-8,17-18H,1-5,9-10,16H2. The Morgan fingerprint density at radius 1 is 1.22 bits per heavy atom. The second-order valence-electron chi connectivity index (χ2n) is 5.35. The highest BCUT2D eigenvalue weighted by Crippen LogP contribution is 2.36. The van der Waals surface area contributed by atoms with Crippen LogP contribution in [0.5, 0.6) is 0 Å². The maximum absolute atomic E-state index is 13.2. The number of benzene rings is 1. The quantitative estimate of drug-likeness (QED) is 0.722. The second-order valence-corrected chi connectivity index (χ2v) is 5.35. The van der Waals surface area contributed by atoms with Crippen LogP contribution in [0.3, 0.4) is 0 Å². The lowest BCUT2D eigenvalue weighted by Gasteiger charge is -2.36. The van der Waals surface area contributed by atoms with Crippen LogP contribution < -0.4 is 11.1 Å². The number of aliphatic hydroxyl groups is 1. The summed E-state index contributed by atoms with van der Waals surface area (Å²) in [7, 11) is 0. The summed E-state index contributed by atoms with van der Waals surface area (Å²) in [6, 6.07) is 4.45. The summed E-state index contributed by atoms with van der Waals surface area (Å²) in [5.41, 5.74) is 6.65. The zero-order valence-corrected chi connectivity index (χ0v) is 10.6. The molecule has 0 amide bonds. The number of aliphatic hydroxyl groups excluding tert-OH is 1. The molecule has 100 valence electrons.